The van der Waals surface area contributed by atoms with Crippen molar-refractivity contribution in [2.24, 2.45) is 0 Å². The lowest BCUT2D eigenvalue weighted by molar-refractivity contribution is 0.102. The van der Waals surface area contributed by atoms with E-state index in [-0.39, 0.29) is 11.7 Å². The summed E-state index contributed by atoms with van der Waals surface area (Å²) in [5.41, 5.74) is 7.80. The Bertz CT molecular complexity index is 760. The highest BCUT2D eigenvalue weighted by Gasteiger charge is 2.12. The Morgan fingerprint density at radius 1 is 1.42 bits per heavy atom. The quantitative estimate of drug-likeness (QED) is 0.666. The Labute approximate surface area is 112 Å². The third kappa shape index (κ3) is 2.27. The molecular weight excluding hydrogens is 262 g/mol. The van der Waals surface area contributed by atoms with Gasteiger partial charge >= 0.3 is 0 Å². The second kappa shape index (κ2) is 4.36. The molecule has 3 aromatic rings. The van der Waals surface area contributed by atoms with Gasteiger partial charge in [-0.25, -0.2) is 4.98 Å². The van der Waals surface area contributed by atoms with E-state index < -0.39 is 0 Å². The topological polar surface area (TPSA) is 96.7 Å². The number of aromatic amines is 1. The number of benzene rings is 1. The fraction of sp³-hybridized carbons (Fsp3) is 0.0833. The summed E-state index contributed by atoms with van der Waals surface area (Å²) in [6.07, 6.45) is 0. The van der Waals surface area contributed by atoms with Crippen LogP contribution in [0.4, 0.5) is 10.9 Å². The highest BCUT2D eigenvalue weighted by Crippen LogP contribution is 2.26. The van der Waals surface area contributed by atoms with Gasteiger partial charge in [-0.3, -0.25) is 15.2 Å². The van der Waals surface area contributed by atoms with Crippen LogP contribution in [-0.2, 0) is 0 Å². The minimum Gasteiger partial charge on any atom is -0.382 e. The molecule has 2 aromatic heterocycles. The van der Waals surface area contributed by atoms with Gasteiger partial charge in [0.1, 0.15) is 11.5 Å². The fourth-order valence-corrected chi connectivity index (χ4v) is 2.66. The standard InChI is InChI=1S/C12H11N5OS/c1-6-2-3-7-9(4-6)19-12(14-7)15-11(18)8-5-10(13)17-16-8/h2-5H,1H3,(H3,13,16,17)(H,14,15,18). The number of H-pyrrole nitrogens is 1. The van der Waals surface area contributed by atoms with Crippen molar-refractivity contribution in [1.29, 1.82) is 0 Å². The fourth-order valence-electron chi connectivity index (χ4n) is 1.70. The van der Waals surface area contributed by atoms with Gasteiger partial charge < -0.3 is 5.73 Å². The van der Waals surface area contributed by atoms with Crippen LogP contribution in [0.15, 0.2) is 24.3 Å². The third-order valence-electron chi connectivity index (χ3n) is 2.61. The molecule has 96 valence electrons. The van der Waals surface area contributed by atoms with Crippen LogP contribution in [0.2, 0.25) is 0 Å². The summed E-state index contributed by atoms with van der Waals surface area (Å²) in [6, 6.07) is 7.44. The van der Waals surface area contributed by atoms with Crippen molar-refractivity contribution in [3.05, 3.63) is 35.5 Å². The van der Waals surface area contributed by atoms with Gasteiger partial charge in [0.25, 0.3) is 5.91 Å². The summed E-state index contributed by atoms with van der Waals surface area (Å²) in [5.74, 6) is -0.0231. The molecule has 0 radical (unpaired) electrons. The van der Waals surface area contributed by atoms with Crippen molar-refractivity contribution in [3.8, 4) is 0 Å². The van der Waals surface area contributed by atoms with Crippen molar-refractivity contribution in [2.75, 3.05) is 11.1 Å². The number of nitrogens with zero attached hydrogens (tertiary/aromatic N) is 2. The average Bonchev–Trinajstić information content (AvgIpc) is 2.94. The molecule has 19 heavy (non-hydrogen) atoms. The maximum absolute atomic E-state index is 11.9. The maximum atomic E-state index is 11.9. The van der Waals surface area contributed by atoms with Gasteiger partial charge in [-0.15, -0.1) is 0 Å². The molecule has 1 amide bonds. The Morgan fingerprint density at radius 2 is 2.26 bits per heavy atom. The minimum atomic E-state index is -0.306. The van der Waals surface area contributed by atoms with E-state index in [1.807, 2.05) is 25.1 Å². The number of hydrogen-bond acceptors (Lipinski definition) is 5. The lowest BCUT2D eigenvalue weighted by Crippen LogP contribution is -2.12. The number of rotatable bonds is 2. The largest absolute Gasteiger partial charge is 0.382 e. The molecule has 1 aromatic carbocycles. The van der Waals surface area contributed by atoms with E-state index in [2.05, 4.69) is 20.5 Å². The normalized spacial score (nSPS) is 10.8. The Balaban J connectivity index is 1.87. The Hall–Kier alpha value is -2.41. The first-order valence-corrected chi connectivity index (χ1v) is 6.43. The van der Waals surface area contributed by atoms with E-state index in [0.29, 0.717) is 10.8 Å². The van der Waals surface area contributed by atoms with E-state index in [4.69, 9.17) is 5.73 Å². The zero-order valence-corrected chi connectivity index (χ0v) is 10.9. The Morgan fingerprint density at radius 3 is 3.00 bits per heavy atom. The Kier molecular flexibility index (Phi) is 2.68. The van der Waals surface area contributed by atoms with Crippen LogP contribution in [-0.4, -0.2) is 21.1 Å². The van der Waals surface area contributed by atoms with Crippen molar-refractivity contribution < 1.29 is 4.79 Å². The molecule has 0 aliphatic heterocycles. The van der Waals surface area contributed by atoms with Crippen LogP contribution in [0.25, 0.3) is 10.2 Å². The van der Waals surface area contributed by atoms with Gasteiger partial charge in [0, 0.05) is 6.07 Å². The van der Waals surface area contributed by atoms with Crippen molar-refractivity contribution in [1.82, 2.24) is 15.2 Å². The first kappa shape index (κ1) is 11.7. The molecule has 0 saturated heterocycles. The van der Waals surface area contributed by atoms with Gasteiger partial charge in [0.15, 0.2) is 5.13 Å². The third-order valence-corrected chi connectivity index (χ3v) is 3.54. The van der Waals surface area contributed by atoms with Gasteiger partial charge in [0.05, 0.1) is 10.2 Å². The molecule has 2 heterocycles. The monoisotopic (exact) mass is 273 g/mol. The maximum Gasteiger partial charge on any atom is 0.275 e. The molecule has 0 aliphatic rings. The highest BCUT2D eigenvalue weighted by atomic mass is 32.1. The van der Waals surface area contributed by atoms with Gasteiger partial charge in [-0.1, -0.05) is 17.4 Å². The van der Waals surface area contributed by atoms with E-state index in [1.54, 1.807) is 0 Å². The van der Waals surface area contributed by atoms with Gasteiger partial charge in [-0.2, -0.15) is 5.10 Å². The minimum absolute atomic E-state index is 0.282. The number of thiazole rings is 1. The SMILES string of the molecule is Cc1ccc2nc(NC(=O)c3cc(N)n[nH]3)sc2c1. The first-order chi connectivity index (χ1) is 9.11. The number of nitrogen functional groups attached to an aromatic ring is 1. The van der Waals surface area contributed by atoms with Crippen molar-refractivity contribution in [3.63, 3.8) is 0 Å². The number of nitrogens with one attached hydrogen (secondary N) is 2. The molecule has 0 fully saturated rings. The van der Waals surface area contributed by atoms with Crippen LogP contribution in [0.1, 0.15) is 16.1 Å². The zero-order valence-electron chi connectivity index (χ0n) is 10.1. The summed E-state index contributed by atoms with van der Waals surface area (Å²) in [4.78, 5) is 16.2. The highest BCUT2D eigenvalue weighted by molar-refractivity contribution is 7.22. The van der Waals surface area contributed by atoms with E-state index in [9.17, 15) is 4.79 Å². The van der Waals surface area contributed by atoms with Crippen LogP contribution >= 0.6 is 11.3 Å². The van der Waals surface area contributed by atoms with Crippen molar-refractivity contribution >= 4 is 38.4 Å². The molecule has 3 rings (SSSR count). The summed E-state index contributed by atoms with van der Waals surface area (Å²) in [6.45, 7) is 2.02. The molecule has 0 atom stereocenters. The number of hydrogen-bond donors (Lipinski definition) is 3. The van der Waals surface area contributed by atoms with Crippen LogP contribution in [0, 0.1) is 6.92 Å². The number of aryl methyl sites for hydroxylation is 1. The summed E-state index contributed by atoms with van der Waals surface area (Å²) in [7, 11) is 0. The molecule has 0 bridgehead atoms. The predicted molar refractivity (Wildman–Crippen MR) is 75.3 cm³/mol. The number of carbonyl (C=O) groups excluding carboxylic acids is 1. The number of aromatic nitrogens is 3. The smallest absolute Gasteiger partial charge is 0.275 e. The van der Waals surface area contributed by atoms with Crippen LogP contribution in [0.5, 0.6) is 0 Å². The lowest BCUT2D eigenvalue weighted by Gasteiger charge is -1.96. The summed E-state index contributed by atoms with van der Waals surface area (Å²) < 4.78 is 1.04. The molecule has 0 saturated carbocycles. The lowest BCUT2D eigenvalue weighted by atomic mass is 10.2. The molecule has 6 nitrogen and oxygen atoms in total. The van der Waals surface area contributed by atoms with Crippen molar-refractivity contribution in [2.45, 2.75) is 6.92 Å². The van der Waals surface area contributed by atoms with Crippen LogP contribution in [0.3, 0.4) is 0 Å². The number of nitrogens with two attached hydrogens (primary N) is 1. The summed E-state index contributed by atoms with van der Waals surface area (Å²) >= 11 is 1.43. The molecule has 0 unspecified atom stereocenters. The molecule has 0 spiro atoms. The second-order valence-electron chi connectivity index (χ2n) is 4.15. The first-order valence-electron chi connectivity index (χ1n) is 5.61. The molecule has 4 N–H and O–H groups in total. The molecular formula is C12H11N5OS. The number of carbonyl (C=O) groups is 1. The van der Waals surface area contributed by atoms with E-state index >= 15 is 0 Å². The number of fused-ring (bicyclic) bond motifs is 1. The van der Waals surface area contributed by atoms with E-state index in [0.717, 1.165) is 15.8 Å². The summed E-state index contributed by atoms with van der Waals surface area (Å²) in [5, 5.41) is 9.54. The zero-order chi connectivity index (χ0) is 13.4. The second-order valence-corrected chi connectivity index (χ2v) is 5.18. The number of amides is 1. The van der Waals surface area contributed by atoms with Gasteiger partial charge in [-0.05, 0) is 24.6 Å². The number of anilines is 2. The molecule has 0 aliphatic carbocycles. The molecule has 7 heteroatoms. The van der Waals surface area contributed by atoms with Crippen LogP contribution < -0.4 is 11.1 Å². The average molecular weight is 273 g/mol. The van der Waals surface area contributed by atoms with Gasteiger partial charge in [0.2, 0.25) is 0 Å². The van der Waals surface area contributed by atoms with E-state index in [1.165, 1.54) is 17.4 Å². The predicted octanol–water partition coefficient (Wildman–Crippen LogP) is 2.16.